The van der Waals surface area contributed by atoms with Gasteiger partial charge in [-0.3, -0.25) is 4.79 Å². The fourth-order valence-corrected chi connectivity index (χ4v) is 2.39. The van der Waals surface area contributed by atoms with Crippen LogP contribution in [0.3, 0.4) is 0 Å². The third-order valence-corrected chi connectivity index (χ3v) is 3.49. The number of hydrogen-bond acceptors (Lipinski definition) is 5. The van der Waals surface area contributed by atoms with Crippen LogP contribution in [-0.2, 0) is 0 Å². The van der Waals surface area contributed by atoms with Crippen LogP contribution in [-0.4, -0.2) is 35.5 Å². The maximum atomic E-state index is 12.0. The summed E-state index contributed by atoms with van der Waals surface area (Å²) in [6.45, 7) is 5.78. The zero-order chi connectivity index (χ0) is 16.7. The molecule has 1 aromatic carbocycles. The SMILES string of the molecule is CCNc1nc(C)cc(NCCNC(=O)c2cccc(Br)c2)n1. The molecule has 2 aromatic rings. The van der Waals surface area contributed by atoms with Crippen LogP contribution in [0, 0.1) is 6.92 Å². The minimum Gasteiger partial charge on any atom is -0.368 e. The molecule has 0 bridgehead atoms. The van der Waals surface area contributed by atoms with E-state index in [1.807, 2.05) is 32.0 Å². The van der Waals surface area contributed by atoms with E-state index in [1.54, 1.807) is 12.1 Å². The predicted molar refractivity (Wildman–Crippen MR) is 95.9 cm³/mol. The van der Waals surface area contributed by atoms with Gasteiger partial charge in [0.05, 0.1) is 0 Å². The van der Waals surface area contributed by atoms with Gasteiger partial charge in [-0.05, 0) is 32.0 Å². The molecule has 2 rings (SSSR count). The molecule has 1 heterocycles. The maximum absolute atomic E-state index is 12.0. The van der Waals surface area contributed by atoms with E-state index in [1.165, 1.54) is 0 Å². The van der Waals surface area contributed by atoms with E-state index in [2.05, 4.69) is 41.8 Å². The lowest BCUT2D eigenvalue weighted by molar-refractivity contribution is 0.0955. The monoisotopic (exact) mass is 377 g/mol. The van der Waals surface area contributed by atoms with E-state index in [0.717, 1.165) is 22.5 Å². The standard InChI is InChI=1S/C16H20BrN5O/c1-3-18-16-21-11(2)9-14(22-16)19-7-8-20-15(23)12-5-4-6-13(17)10-12/h4-6,9-10H,3,7-8H2,1-2H3,(H,20,23)(H2,18,19,21,22). The quantitative estimate of drug-likeness (QED) is 0.646. The molecular weight excluding hydrogens is 358 g/mol. The van der Waals surface area contributed by atoms with E-state index in [4.69, 9.17) is 0 Å². The first kappa shape index (κ1) is 17.2. The molecule has 0 aliphatic carbocycles. The predicted octanol–water partition coefficient (Wildman–Crippen LogP) is 2.82. The molecule has 0 aliphatic rings. The summed E-state index contributed by atoms with van der Waals surface area (Å²) >= 11 is 3.36. The zero-order valence-electron chi connectivity index (χ0n) is 13.2. The second-order valence-corrected chi connectivity index (χ2v) is 5.86. The number of benzene rings is 1. The van der Waals surface area contributed by atoms with E-state index in [0.29, 0.717) is 24.6 Å². The Morgan fingerprint density at radius 3 is 2.74 bits per heavy atom. The zero-order valence-corrected chi connectivity index (χ0v) is 14.8. The number of carbonyl (C=O) groups excluding carboxylic acids is 1. The van der Waals surface area contributed by atoms with Crippen molar-refractivity contribution >= 4 is 33.6 Å². The highest BCUT2D eigenvalue weighted by molar-refractivity contribution is 9.10. The molecule has 1 amide bonds. The van der Waals surface area contributed by atoms with Crippen LogP contribution < -0.4 is 16.0 Å². The largest absolute Gasteiger partial charge is 0.368 e. The van der Waals surface area contributed by atoms with Gasteiger partial charge in [0.1, 0.15) is 5.82 Å². The molecular formula is C16H20BrN5O. The third kappa shape index (κ3) is 5.52. The van der Waals surface area contributed by atoms with Crippen molar-refractivity contribution in [2.75, 3.05) is 30.3 Å². The van der Waals surface area contributed by atoms with Crippen LogP contribution in [0.4, 0.5) is 11.8 Å². The fourth-order valence-electron chi connectivity index (χ4n) is 1.99. The van der Waals surface area contributed by atoms with Crippen molar-refractivity contribution in [1.82, 2.24) is 15.3 Å². The number of nitrogens with one attached hydrogen (secondary N) is 3. The van der Waals surface area contributed by atoms with Gasteiger partial charge in [0.15, 0.2) is 0 Å². The Morgan fingerprint density at radius 1 is 1.17 bits per heavy atom. The number of amides is 1. The van der Waals surface area contributed by atoms with Gasteiger partial charge in [-0.1, -0.05) is 22.0 Å². The molecule has 0 aliphatic heterocycles. The normalized spacial score (nSPS) is 10.2. The average Bonchev–Trinajstić information content (AvgIpc) is 2.51. The van der Waals surface area contributed by atoms with Crippen LogP contribution in [0.5, 0.6) is 0 Å². The van der Waals surface area contributed by atoms with Crippen molar-refractivity contribution in [1.29, 1.82) is 0 Å². The van der Waals surface area contributed by atoms with Gasteiger partial charge < -0.3 is 16.0 Å². The molecule has 6 nitrogen and oxygen atoms in total. The number of carbonyl (C=O) groups is 1. The number of nitrogens with zero attached hydrogens (tertiary/aromatic N) is 2. The van der Waals surface area contributed by atoms with Gasteiger partial charge >= 0.3 is 0 Å². The Labute approximate surface area is 144 Å². The molecule has 122 valence electrons. The first-order valence-electron chi connectivity index (χ1n) is 7.45. The second kappa shape index (κ2) is 8.47. The molecule has 0 saturated carbocycles. The summed E-state index contributed by atoms with van der Waals surface area (Å²) in [5.41, 5.74) is 1.52. The lowest BCUT2D eigenvalue weighted by atomic mass is 10.2. The van der Waals surface area contributed by atoms with Crippen molar-refractivity contribution in [2.45, 2.75) is 13.8 Å². The molecule has 3 N–H and O–H groups in total. The average molecular weight is 378 g/mol. The number of aromatic nitrogens is 2. The van der Waals surface area contributed by atoms with Crippen LogP contribution in [0.25, 0.3) is 0 Å². The lowest BCUT2D eigenvalue weighted by Gasteiger charge is -2.10. The number of aryl methyl sites for hydroxylation is 1. The topological polar surface area (TPSA) is 78.9 Å². The molecule has 0 spiro atoms. The number of halogens is 1. The van der Waals surface area contributed by atoms with Crippen molar-refractivity contribution in [3.63, 3.8) is 0 Å². The smallest absolute Gasteiger partial charge is 0.251 e. The van der Waals surface area contributed by atoms with E-state index < -0.39 is 0 Å². The van der Waals surface area contributed by atoms with Gasteiger partial charge in [-0.25, -0.2) is 4.98 Å². The van der Waals surface area contributed by atoms with E-state index >= 15 is 0 Å². The molecule has 0 atom stereocenters. The van der Waals surface area contributed by atoms with Gasteiger partial charge in [-0.2, -0.15) is 4.98 Å². The van der Waals surface area contributed by atoms with Crippen LogP contribution in [0.2, 0.25) is 0 Å². The molecule has 1 aromatic heterocycles. The van der Waals surface area contributed by atoms with E-state index in [-0.39, 0.29) is 5.91 Å². The van der Waals surface area contributed by atoms with Crippen molar-refractivity contribution in [3.8, 4) is 0 Å². The molecule has 0 radical (unpaired) electrons. The van der Waals surface area contributed by atoms with Gasteiger partial charge in [-0.15, -0.1) is 0 Å². The number of hydrogen-bond donors (Lipinski definition) is 3. The summed E-state index contributed by atoms with van der Waals surface area (Å²) in [4.78, 5) is 20.7. The van der Waals surface area contributed by atoms with E-state index in [9.17, 15) is 4.79 Å². The fraction of sp³-hybridized carbons (Fsp3) is 0.312. The summed E-state index contributed by atoms with van der Waals surface area (Å²) in [5, 5.41) is 9.14. The first-order chi connectivity index (χ1) is 11.1. The van der Waals surface area contributed by atoms with Crippen LogP contribution in [0.15, 0.2) is 34.8 Å². The summed E-state index contributed by atoms with van der Waals surface area (Å²) in [6.07, 6.45) is 0. The molecule has 0 saturated heterocycles. The van der Waals surface area contributed by atoms with Crippen LogP contribution in [0.1, 0.15) is 23.0 Å². The third-order valence-electron chi connectivity index (χ3n) is 2.99. The summed E-state index contributed by atoms with van der Waals surface area (Å²) in [6, 6.07) is 9.17. The summed E-state index contributed by atoms with van der Waals surface area (Å²) in [7, 11) is 0. The first-order valence-corrected chi connectivity index (χ1v) is 8.25. The molecule has 0 unspecified atom stereocenters. The molecule has 0 fully saturated rings. The van der Waals surface area contributed by atoms with Crippen molar-refractivity contribution in [2.24, 2.45) is 0 Å². The minimum atomic E-state index is -0.0969. The molecule has 23 heavy (non-hydrogen) atoms. The highest BCUT2D eigenvalue weighted by atomic mass is 79.9. The Bertz CT molecular complexity index is 677. The Hall–Kier alpha value is -2.15. The van der Waals surface area contributed by atoms with Gasteiger partial charge in [0.25, 0.3) is 5.91 Å². The Morgan fingerprint density at radius 2 is 2.00 bits per heavy atom. The van der Waals surface area contributed by atoms with Crippen molar-refractivity contribution < 1.29 is 4.79 Å². The van der Waals surface area contributed by atoms with Crippen LogP contribution >= 0.6 is 15.9 Å². The van der Waals surface area contributed by atoms with Gasteiger partial charge in [0.2, 0.25) is 5.95 Å². The second-order valence-electron chi connectivity index (χ2n) is 4.94. The number of anilines is 2. The van der Waals surface area contributed by atoms with Gasteiger partial charge in [0, 0.05) is 41.4 Å². The highest BCUT2D eigenvalue weighted by Gasteiger charge is 2.05. The maximum Gasteiger partial charge on any atom is 0.251 e. The number of rotatable bonds is 7. The Balaban J connectivity index is 1.82. The Kier molecular flexibility index (Phi) is 6.34. The summed E-state index contributed by atoms with van der Waals surface area (Å²) < 4.78 is 0.885. The minimum absolute atomic E-state index is 0.0969. The molecule has 7 heteroatoms. The van der Waals surface area contributed by atoms with Crippen molar-refractivity contribution in [3.05, 3.63) is 46.1 Å². The highest BCUT2D eigenvalue weighted by Crippen LogP contribution is 2.11. The summed E-state index contributed by atoms with van der Waals surface area (Å²) in [5.74, 6) is 1.25. The lowest BCUT2D eigenvalue weighted by Crippen LogP contribution is -2.29.